The highest BCUT2D eigenvalue weighted by atomic mass is 35.5. The molecule has 170 valence electrons. The van der Waals surface area contributed by atoms with Crippen LogP contribution in [0.25, 0.3) is 16.6 Å². The number of ether oxygens (including phenoxy) is 1. The lowest BCUT2D eigenvalue weighted by Gasteiger charge is -2.29. The third-order valence-corrected chi connectivity index (χ3v) is 5.64. The third kappa shape index (κ3) is 4.41. The monoisotopic (exact) mass is 468 g/mol. The fourth-order valence-electron chi connectivity index (χ4n) is 4.02. The zero-order valence-electron chi connectivity index (χ0n) is 18.4. The number of rotatable bonds is 2. The molecule has 0 N–H and O–H groups in total. The Balaban J connectivity index is 1.97. The van der Waals surface area contributed by atoms with Gasteiger partial charge in [0.2, 0.25) is 0 Å². The van der Waals surface area contributed by atoms with Gasteiger partial charge in [0, 0.05) is 6.54 Å². The van der Waals surface area contributed by atoms with Crippen LogP contribution in [0.2, 0.25) is 5.02 Å². The first-order valence-electron chi connectivity index (χ1n) is 10.5. The van der Waals surface area contributed by atoms with Gasteiger partial charge in [-0.1, -0.05) is 17.7 Å². The Morgan fingerprint density at radius 3 is 2.76 bits per heavy atom. The minimum Gasteiger partial charge on any atom is -0.444 e. The summed E-state index contributed by atoms with van der Waals surface area (Å²) in [4.78, 5) is 32.8. The first kappa shape index (κ1) is 22.7. The van der Waals surface area contributed by atoms with Crippen LogP contribution >= 0.6 is 11.6 Å². The Labute approximate surface area is 195 Å². The number of likely N-dealkylation sites (tertiary alicyclic amines) is 1. The number of nitrogens with zero attached hydrogens (tertiary/aromatic N) is 4. The van der Waals surface area contributed by atoms with Crippen LogP contribution in [0, 0.1) is 17.1 Å². The third-order valence-electron chi connectivity index (χ3n) is 5.32. The minimum atomic E-state index is -0.696. The molecule has 1 fully saturated rings. The molecule has 1 amide bonds. The lowest BCUT2D eigenvalue weighted by Crippen LogP contribution is -2.38. The summed E-state index contributed by atoms with van der Waals surface area (Å²) in [5.74, 6) is -0.413. The van der Waals surface area contributed by atoms with Crippen molar-refractivity contribution in [3.8, 4) is 11.8 Å². The maximum atomic E-state index is 14.3. The van der Waals surface area contributed by atoms with Crippen LogP contribution in [0.5, 0.6) is 0 Å². The zero-order chi connectivity index (χ0) is 23.9. The van der Waals surface area contributed by atoms with Crippen molar-refractivity contribution in [2.24, 2.45) is 0 Å². The van der Waals surface area contributed by atoms with E-state index in [1.165, 1.54) is 15.5 Å². The maximum Gasteiger partial charge on any atom is 0.410 e. The van der Waals surface area contributed by atoms with Gasteiger partial charge < -0.3 is 4.74 Å². The predicted molar refractivity (Wildman–Crippen MR) is 122 cm³/mol. The summed E-state index contributed by atoms with van der Waals surface area (Å²) in [5.41, 5.74) is -0.648. The normalized spacial score (nSPS) is 16.1. The fraction of sp³-hybridized carbons (Fsp3) is 0.333. The summed E-state index contributed by atoms with van der Waals surface area (Å²) >= 11 is 6.31. The first-order chi connectivity index (χ1) is 15.6. The van der Waals surface area contributed by atoms with Crippen molar-refractivity contribution in [2.75, 3.05) is 6.54 Å². The van der Waals surface area contributed by atoms with Gasteiger partial charge in [-0.25, -0.2) is 14.2 Å². The maximum absolute atomic E-state index is 14.3. The summed E-state index contributed by atoms with van der Waals surface area (Å²) in [6.45, 7) is 5.75. The first-order valence-corrected chi connectivity index (χ1v) is 10.9. The predicted octanol–water partition coefficient (Wildman–Crippen LogP) is 5.12. The highest BCUT2D eigenvalue weighted by Gasteiger charge is 2.36. The van der Waals surface area contributed by atoms with E-state index in [9.17, 15) is 19.2 Å². The molecule has 33 heavy (non-hydrogen) atoms. The number of carbonyl (C=O) groups is 1. The van der Waals surface area contributed by atoms with Crippen molar-refractivity contribution in [3.05, 3.63) is 69.0 Å². The molecule has 0 radical (unpaired) electrons. The molecular weight excluding hydrogens is 447 g/mol. The highest BCUT2D eigenvalue weighted by molar-refractivity contribution is 6.35. The van der Waals surface area contributed by atoms with E-state index in [2.05, 4.69) is 0 Å². The molecule has 0 saturated carbocycles. The van der Waals surface area contributed by atoms with Crippen LogP contribution in [0.15, 0.2) is 41.2 Å². The molecule has 1 unspecified atom stereocenters. The largest absolute Gasteiger partial charge is 0.444 e. The molecule has 2 aromatic carbocycles. The highest BCUT2D eigenvalue weighted by Crippen LogP contribution is 2.34. The molecule has 4 rings (SSSR count). The van der Waals surface area contributed by atoms with Gasteiger partial charge in [0.05, 0.1) is 39.3 Å². The van der Waals surface area contributed by atoms with Crippen molar-refractivity contribution >= 4 is 28.6 Å². The summed E-state index contributed by atoms with van der Waals surface area (Å²) in [6.07, 6.45) is 0.701. The standard InChI is InChI=1S/C24H22ClFN4O3/c1-24(2,3)33-23(32)29-9-5-8-19(29)21-28-18-7-4-6-17(25)20(18)22(31)30(21)16-11-14(13-27)10-15(26)12-16/h4,6-7,10-12,19H,5,8-9H2,1-3H3. The van der Waals surface area contributed by atoms with Crippen molar-refractivity contribution < 1.29 is 13.9 Å². The van der Waals surface area contributed by atoms with Crippen molar-refractivity contribution in [3.63, 3.8) is 0 Å². The molecule has 1 atom stereocenters. The van der Waals surface area contributed by atoms with E-state index >= 15 is 0 Å². The zero-order valence-corrected chi connectivity index (χ0v) is 19.2. The van der Waals surface area contributed by atoms with E-state index in [-0.39, 0.29) is 27.5 Å². The van der Waals surface area contributed by atoms with E-state index in [1.807, 2.05) is 6.07 Å². The number of hydrogen-bond acceptors (Lipinski definition) is 5. The summed E-state index contributed by atoms with van der Waals surface area (Å²) < 4.78 is 21.1. The number of halogens is 2. The Hall–Kier alpha value is -3.44. The topological polar surface area (TPSA) is 88.2 Å². The molecule has 7 nitrogen and oxygen atoms in total. The molecule has 0 spiro atoms. The summed E-state index contributed by atoms with van der Waals surface area (Å²) in [7, 11) is 0. The van der Waals surface area contributed by atoms with Crippen LogP contribution < -0.4 is 5.56 Å². The SMILES string of the molecule is CC(C)(C)OC(=O)N1CCCC1c1nc2cccc(Cl)c2c(=O)n1-c1cc(F)cc(C#N)c1. The van der Waals surface area contributed by atoms with E-state index in [0.717, 1.165) is 12.1 Å². The second-order valence-corrected chi connectivity index (χ2v) is 9.29. The minimum absolute atomic E-state index is 0.0533. The van der Waals surface area contributed by atoms with Crippen LogP contribution in [-0.2, 0) is 4.74 Å². The molecule has 1 aliphatic heterocycles. The van der Waals surface area contributed by atoms with Crippen LogP contribution in [0.4, 0.5) is 9.18 Å². The van der Waals surface area contributed by atoms with Gasteiger partial charge >= 0.3 is 6.09 Å². The van der Waals surface area contributed by atoms with Crippen LogP contribution in [0.1, 0.15) is 51.0 Å². The van der Waals surface area contributed by atoms with Gasteiger partial charge in [-0.3, -0.25) is 14.3 Å². The fourth-order valence-corrected chi connectivity index (χ4v) is 4.27. The average molecular weight is 469 g/mol. The Morgan fingerprint density at radius 2 is 2.06 bits per heavy atom. The van der Waals surface area contributed by atoms with E-state index in [0.29, 0.717) is 24.9 Å². The lowest BCUT2D eigenvalue weighted by molar-refractivity contribution is 0.0216. The summed E-state index contributed by atoms with van der Waals surface area (Å²) in [5, 5.41) is 9.69. The molecule has 0 bridgehead atoms. The Morgan fingerprint density at radius 1 is 1.30 bits per heavy atom. The summed E-state index contributed by atoms with van der Waals surface area (Å²) in [6, 6.07) is 9.89. The van der Waals surface area contributed by atoms with Gasteiger partial charge in [0.15, 0.2) is 0 Å². The molecule has 1 aromatic heterocycles. The van der Waals surface area contributed by atoms with Gasteiger partial charge in [0.1, 0.15) is 17.2 Å². The number of hydrogen-bond donors (Lipinski definition) is 0. The van der Waals surface area contributed by atoms with Gasteiger partial charge in [-0.05, 0) is 63.9 Å². The molecule has 1 aliphatic rings. The van der Waals surface area contributed by atoms with Gasteiger partial charge in [0.25, 0.3) is 5.56 Å². The number of nitriles is 1. The van der Waals surface area contributed by atoms with Crippen molar-refractivity contribution in [2.45, 2.75) is 45.3 Å². The van der Waals surface area contributed by atoms with Gasteiger partial charge in [-0.15, -0.1) is 0 Å². The van der Waals surface area contributed by atoms with Crippen molar-refractivity contribution in [1.29, 1.82) is 5.26 Å². The molecule has 9 heteroatoms. The Bertz CT molecular complexity index is 1360. The van der Waals surface area contributed by atoms with Gasteiger partial charge in [-0.2, -0.15) is 5.26 Å². The molecular formula is C24H22ClFN4O3. The van der Waals surface area contributed by atoms with Crippen molar-refractivity contribution in [1.82, 2.24) is 14.5 Å². The molecule has 1 saturated heterocycles. The van der Waals surface area contributed by atoms with E-state index in [4.69, 9.17) is 21.3 Å². The number of carbonyl (C=O) groups excluding carboxylic acids is 1. The number of aromatic nitrogens is 2. The van der Waals surface area contributed by atoms with E-state index in [1.54, 1.807) is 39.0 Å². The lowest BCUT2D eigenvalue weighted by atomic mass is 10.1. The average Bonchev–Trinajstić information content (AvgIpc) is 3.21. The molecule has 0 aliphatic carbocycles. The second kappa shape index (κ2) is 8.49. The van der Waals surface area contributed by atoms with Crippen LogP contribution in [0.3, 0.4) is 0 Å². The second-order valence-electron chi connectivity index (χ2n) is 8.89. The smallest absolute Gasteiger partial charge is 0.410 e. The molecule has 2 heterocycles. The number of amides is 1. The number of benzene rings is 2. The Kier molecular flexibility index (Phi) is 5.85. The van der Waals surface area contributed by atoms with Crippen LogP contribution in [-0.4, -0.2) is 32.7 Å². The molecule has 3 aromatic rings. The van der Waals surface area contributed by atoms with E-state index < -0.39 is 29.1 Å². The quantitative estimate of drug-likeness (QED) is 0.520. The number of fused-ring (bicyclic) bond motifs is 1.